The van der Waals surface area contributed by atoms with E-state index in [1.807, 2.05) is 13.8 Å². The Balaban J connectivity index is 2.63. The third-order valence-electron chi connectivity index (χ3n) is 2.66. The Hall–Kier alpha value is -0.990. The summed E-state index contributed by atoms with van der Waals surface area (Å²) in [5.74, 6) is -0.0755. The van der Waals surface area contributed by atoms with E-state index in [1.165, 1.54) is 16.7 Å². The van der Waals surface area contributed by atoms with Crippen molar-refractivity contribution in [1.82, 2.24) is 14.8 Å². The molecule has 0 saturated heterocycles. The van der Waals surface area contributed by atoms with Crippen LogP contribution in [0.15, 0.2) is 27.8 Å². The van der Waals surface area contributed by atoms with Crippen LogP contribution in [0.25, 0.3) is 11.4 Å². The molecule has 0 aliphatic carbocycles. The zero-order valence-corrected chi connectivity index (χ0v) is 14.4. The van der Waals surface area contributed by atoms with Crippen LogP contribution in [-0.2, 0) is 15.6 Å². The first-order valence-corrected chi connectivity index (χ1v) is 9.13. The maximum Gasteiger partial charge on any atom is 0.296 e. The van der Waals surface area contributed by atoms with E-state index in [0.29, 0.717) is 16.6 Å². The standard InChI is InChI=1S/C12H12BrClFN3O2S/c1-7(2)6-18-11(16-17-12(18)21(14,19)20)8-3-4-9(13)10(15)5-8/h3-5,7H,6H2,1-2H3. The summed E-state index contributed by atoms with van der Waals surface area (Å²) in [6, 6.07) is 4.40. The van der Waals surface area contributed by atoms with Gasteiger partial charge in [-0.25, -0.2) is 12.8 Å². The van der Waals surface area contributed by atoms with Gasteiger partial charge < -0.3 is 0 Å². The summed E-state index contributed by atoms with van der Waals surface area (Å²) in [4.78, 5) is 0. The molecule has 0 fully saturated rings. The monoisotopic (exact) mass is 395 g/mol. The number of halogens is 3. The van der Waals surface area contributed by atoms with Crippen molar-refractivity contribution in [1.29, 1.82) is 0 Å². The normalized spacial score (nSPS) is 12.1. The molecule has 0 radical (unpaired) electrons. The Bertz CT molecular complexity index is 777. The molecule has 114 valence electrons. The first-order valence-electron chi connectivity index (χ1n) is 6.03. The van der Waals surface area contributed by atoms with Gasteiger partial charge >= 0.3 is 0 Å². The maximum atomic E-state index is 13.7. The highest BCUT2D eigenvalue weighted by molar-refractivity contribution is 9.10. The molecule has 0 amide bonds. The quantitative estimate of drug-likeness (QED) is 0.743. The van der Waals surface area contributed by atoms with Crippen LogP contribution < -0.4 is 0 Å². The average Bonchev–Trinajstić information content (AvgIpc) is 2.75. The lowest BCUT2D eigenvalue weighted by molar-refractivity contribution is 0.488. The number of aromatic nitrogens is 3. The summed E-state index contributed by atoms with van der Waals surface area (Å²) < 4.78 is 38.5. The first-order chi connectivity index (χ1) is 9.70. The molecule has 0 atom stereocenters. The van der Waals surface area contributed by atoms with Crippen molar-refractivity contribution >= 4 is 35.7 Å². The minimum absolute atomic E-state index is 0.136. The van der Waals surface area contributed by atoms with Crippen molar-refractivity contribution in [3.63, 3.8) is 0 Å². The van der Waals surface area contributed by atoms with Crippen molar-refractivity contribution in [2.24, 2.45) is 5.92 Å². The van der Waals surface area contributed by atoms with Crippen LogP contribution in [0.2, 0.25) is 0 Å². The molecule has 0 unspecified atom stereocenters. The van der Waals surface area contributed by atoms with Crippen molar-refractivity contribution in [3.8, 4) is 11.4 Å². The van der Waals surface area contributed by atoms with Crippen LogP contribution in [0.3, 0.4) is 0 Å². The van der Waals surface area contributed by atoms with Crippen molar-refractivity contribution in [3.05, 3.63) is 28.5 Å². The van der Waals surface area contributed by atoms with E-state index in [4.69, 9.17) is 10.7 Å². The van der Waals surface area contributed by atoms with Gasteiger partial charge in [-0.1, -0.05) is 13.8 Å². The third-order valence-corrected chi connectivity index (χ3v) is 4.46. The second-order valence-electron chi connectivity index (χ2n) is 4.88. The second-order valence-corrected chi connectivity index (χ2v) is 8.19. The minimum Gasteiger partial charge on any atom is -0.297 e. The molecular weight excluding hydrogens is 385 g/mol. The maximum absolute atomic E-state index is 13.7. The van der Waals surface area contributed by atoms with E-state index in [9.17, 15) is 12.8 Å². The predicted molar refractivity (Wildman–Crippen MR) is 81.0 cm³/mol. The summed E-state index contributed by atoms with van der Waals surface area (Å²) in [6.07, 6.45) is 0. The lowest BCUT2D eigenvalue weighted by Gasteiger charge is -2.11. The van der Waals surface area contributed by atoms with E-state index in [0.717, 1.165) is 0 Å². The fourth-order valence-electron chi connectivity index (χ4n) is 1.85. The zero-order chi connectivity index (χ0) is 15.8. The summed E-state index contributed by atoms with van der Waals surface area (Å²) in [5.41, 5.74) is 0.426. The number of nitrogens with zero attached hydrogens (tertiary/aromatic N) is 3. The minimum atomic E-state index is -4.03. The van der Waals surface area contributed by atoms with Gasteiger partial charge in [-0.2, -0.15) is 0 Å². The highest BCUT2D eigenvalue weighted by Gasteiger charge is 2.24. The molecule has 1 aromatic carbocycles. The number of hydrogen-bond donors (Lipinski definition) is 0. The average molecular weight is 397 g/mol. The zero-order valence-electron chi connectivity index (χ0n) is 11.2. The van der Waals surface area contributed by atoms with Gasteiger partial charge in [0.15, 0.2) is 5.82 Å². The Morgan fingerprint density at radius 2 is 2.05 bits per heavy atom. The van der Waals surface area contributed by atoms with Gasteiger partial charge in [0.25, 0.3) is 14.2 Å². The molecule has 0 bridgehead atoms. The summed E-state index contributed by atoms with van der Waals surface area (Å²) in [5, 5.41) is 7.14. The van der Waals surface area contributed by atoms with E-state index in [2.05, 4.69) is 26.1 Å². The summed E-state index contributed by atoms with van der Waals surface area (Å²) in [6.45, 7) is 4.18. The van der Waals surface area contributed by atoms with Crippen molar-refractivity contribution < 1.29 is 12.8 Å². The molecule has 0 aliphatic heterocycles. The van der Waals surface area contributed by atoms with Crippen LogP contribution in [0, 0.1) is 11.7 Å². The molecule has 1 aromatic heterocycles. The molecule has 2 rings (SSSR count). The molecule has 21 heavy (non-hydrogen) atoms. The van der Waals surface area contributed by atoms with E-state index >= 15 is 0 Å². The molecule has 0 aliphatic rings. The van der Waals surface area contributed by atoms with Crippen LogP contribution in [0.5, 0.6) is 0 Å². The van der Waals surface area contributed by atoms with Gasteiger partial charge in [-0.3, -0.25) is 4.57 Å². The van der Waals surface area contributed by atoms with Crippen molar-refractivity contribution in [2.45, 2.75) is 25.5 Å². The molecule has 2 aromatic rings. The van der Waals surface area contributed by atoms with Gasteiger partial charge in [-0.05, 0) is 40.0 Å². The Kier molecular flexibility index (Phi) is 4.69. The van der Waals surface area contributed by atoms with Crippen LogP contribution in [0.4, 0.5) is 4.39 Å². The second kappa shape index (κ2) is 6.02. The Morgan fingerprint density at radius 3 is 2.57 bits per heavy atom. The molecule has 5 nitrogen and oxygen atoms in total. The molecular formula is C12H12BrClFN3O2S. The van der Waals surface area contributed by atoms with Gasteiger partial charge in [-0.15, -0.1) is 10.2 Å². The number of rotatable bonds is 4. The lowest BCUT2D eigenvalue weighted by atomic mass is 10.2. The molecule has 0 saturated carbocycles. The molecule has 0 spiro atoms. The molecule has 1 heterocycles. The highest BCUT2D eigenvalue weighted by atomic mass is 79.9. The molecule has 9 heteroatoms. The van der Waals surface area contributed by atoms with E-state index < -0.39 is 14.9 Å². The third kappa shape index (κ3) is 3.61. The van der Waals surface area contributed by atoms with Gasteiger partial charge in [0, 0.05) is 22.8 Å². The summed E-state index contributed by atoms with van der Waals surface area (Å²) in [7, 11) is 1.35. The van der Waals surface area contributed by atoms with Gasteiger partial charge in [0.2, 0.25) is 0 Å². The topological polar surface area (TPSA) is 64.8 Å². The number of benzene rings is 1. The van der Waals surface area contributed by atoms with Crippen LogP contribution in [0.1, 0.15) is 13.8 Å². The fraction of sp³-hybridized carbons (Fsp3) is 0.333. The number of hydrogen-bond acceptors (Lipinski definition) is 4. The SMILES string of the molecule is CC(C)Cn1c(-c2ccc(Br)c(F)c2)nnc1S(=O)(=O)Cl. The molecule has 0 N–H and O–H groups in total. The van der Waals surface area contributed by atoms with Crippen LogP contribution in [-0.4, -0.2) is 23.2 Å². The van der Waals surface area contributed by atoms with Crippen molar-refractivity contribution in [2.75, 3.05) is 0 Å². The highest BCUT2D eigenvalue weighted by Crippen LogP contribution is 2.26. The van der Waals surface area contributed by atoms with E-state index in [-0.39, 0.29) is 16.9 Å². The summed E-state index contributed by atoms with van der Waals surface area (Å²) >= 11 is 3.06. The Morgan fingerprint density at radius 1 is 1.38 bits per heavy atom. The van der Waals surface area contributed by atoms with Gasteiger partial charge in [0.1, 0.15) is 5.82 Å². The Labute approximate surface area is 134 Å². The predicted octanol–water partition coefficient (Wildman–Crippen LogP) is 3.43. The van der Waals surface area contributed by atoms with E-state index in [1.54, 1.807) is 6.07 Å². The van der Waals surface area contributed by atoms with Crippen LogP contribution >= 0.6 is 26.6 Å². The lowest BCUT2D eigenvalue weighted by Crippen LogP contribution is -2.11. The fourth-order valence-corrected chi connectivity index (χ4v) is 3.00. The first kappa shape index (κ1) is 16.4. The largest absolute Gasteiger partial charge is 0.297 e. The smallest absolute Gasteiger partial charge is 0.296 e. The van der Waals surface area contributed by atoms with Gasteiger partial charge in [0.05, 0.1) is 4.47 Å².